The molecule has 0 radical (unpaired) electrons. The third-order valence-electron chi connectivity index (χ3n) is 5.31. The first-order valence-electron chi connectivity index (χ1n) is 10.6. The van der Waals surface area contributed by atoms with E-state index in [0.717, 1.165) is 38.5 Å². The molecule has 0 saturated heterocycles. The van der Waals surface area contributed by atoms with Crippen molar-refractivity contribution in [1.82, 2.24) is 19.3 Å². The summed E-state index contributed by atoms with van der Waals surface area (Å²) in [6, 6.07) is 11.2. The fourth-order valence-electron chi connectivity index (χ4n) is 3.77. The monoisotopic (exact) mass is 462 g/mol. The Balaban J connectivity index is 1.42. The molecule has 33 heavy (non-hydrogen) atoms. The van der Waals surface area contributed by atoms with Gasteiger partial charge in [-0.2, -0.15) is 4.37 Å². The molecule has 8 nitrogen and oxygen atoms in total. The second-order valence-electron chi connectivity index (χ2n) is 8.02. The number of nitrogens with zero attached hydrogens (tertiary/aromatic N) is 3. The van der Waals surface area contributed by atoms with Crippen LogP contribution in [0.25, 0.3) is 10.6 Å². The zero-order valence-corrected chi connectivity index (χ0v) is 19.5. The molecule has 0 spiro atoms. The van der Waals surface area contributed by atoms with E-state index in [1.54, 1.807) is 12.4 Å². The van der Waals surface area contributed by atoms with Crippen molar-refractivity contribution in [2.45, 2.75) is 39.8 Å². The molecular formula is C24H26N6O2S. The van der Waals surface area contributed by atoms with Crippen molar-refractivity contribution in [2.24, 2.45) is 0 Å². The summed E-state index contributed by atoms with van der Waals surface area (Å²) >= 11 is 1.33. The van der Waals surface area contributed by atoms with E-state index in [0.29, 0.717) is 24.7 Å². The minimum atomic E-state index is -0.878. The van der Waals surface area contributed by atoms with Crippen LogP contribution in [-0.2, 0) is 17.8 Å². The van der Waals surface area contributed by atoms with Gasteiger partial charge in [0.05, 0.1) is 6.54 Å². The number of rotatable bonds is 9. The largest absolute Gasteiger partial charge is 0.480 e. The summed E-state index contributed by atoms with van der Waals surface area (Å²) in [5.41, 5.74) is 6.02. The van der Waals surface area contributed by atoms with Crippen molar-refractivity contribution in [2.75, 3.05) is 10.6 Å². The Kier molecular flexibility index (Phi) is 6.69. The van der Waals surface area contributed by atoms with Gasteiger partial charge in [-0.05, 0) is 49.0 Å². The summed E-state index contributed by atoms with van der Waals surface area (Å²) in [5.74, 6) is 0.485. The summed E-state index contributed by atoms with van der Waals surface area (Å²) < 4.78 is 4.39. The molecule has 4 rings (SSSR count). The molecule has 2 aromatic heterocycles. The van der Waals surface area contributed by atoms with Gasteiger partial charge in [-0.3, -0.25) is 0 Å². The lowest BCUT2D eigenvalue weighted by atomic mass is 10.0. The van der Waals surface area contributed by atoms with Crippen molar-refractivity contribution >= 4 is 29.1 Å². The van der Waals surface area contributed by atoms with Crippen LogP contribution in [0.15, 0.2) is 48.8 Å². The van der Waals surface area contributed by atoms with Crippen LogP contribution in [-0.4, -0.2) is 36.4 Å². The molecule has 0 aliphatic heterocycles. The molecule has 1 atom stereocenters. The normalized spacial score (nSPS) is 11.8. The number of carbonyl (C=O) groups is 1. The van der Waals surface area contributed by atoms with Gasteiger partial charge in [-0.1, -0.05) is 42.0 Å². The number of anilines is 2. The number of H-pyrrole nitrogens is 1. The lowest BCUT2D eigenvalue weighted by Gasteiger charge is -2.20. The van der Waals surface area contributed by atoms with Crippen LogP contribution >= 0.6 is 11.5 Å². The van der Waals surface area contributed by atoms with Gasteiger partial charge in [-0.25, -0.2) is 14.8 Å². The van der Waals surface area contributed by atoms with Crippen molar-refractivity contribution < 1.29 is 9.90 Å². The van der Waals surface area contributed by atoms with Crippen LogP contribution in [0.3, 0.4) is 0 Å². The molecule has 0 bridgehead atoms. The Morgan fingerprint density at radius 2 is 1.88 bits per heavy atom. The number of imidazole rings is 1. The highest BCUT2D eigenvalue weighted by atomic mass is 32.1. The predicted octanol–water partition coefficient (Wildman–Crippen LogP) is 4.57. The molecule has 9 heteroatoms. The summed E-state index contributed by atoms with van der Waals surface area (Å²) in [6.45, 7) is 6.51. The Hall–Kier alpha value is -3.72. The number of carboxylic acids is 1. The Morgan fingerprint density at radius 1 is 1.15 bits per heavy atom. The first kappa shape index (κ1) is 22.5. The number of carboxylic acid groups (broad SMARTS) is 1. The molecule has 0 aliphatic rings. The maximum atomic E-state index is 11.9. The van der Waals surface area contributed by atoms with E-state index >= 15 is 0 Å². The van der Waals surface area contributed by atoms with Crippen molar-refractivity contribution in [1.29, 1.82) is 0 Å². The van der Waals surface area contributed by atoms with Gasteiger partial charge in [-0.15, -0.1) is 0 Å². The zero-order valence-electron chi connectivity index (χ0n) is 18.7. The standard InChI is InChI=1S/C24H26N6O2S/c1-14-10-15(2)21(16(3)11-14)28-19(23(31)32)12-17-4-6-18(7-5-17)22-29-20(30-33-22)13-27-24-25-8-9-26-24/h4-11,19,28H,12-13H2,1-3H3,(H,31,32)(H2,25,26,27). The van der Waals surface area contributed by atoms with Gasteiger partial charge in [0.2, 0.25) is 0 Å². The minimum Gasteiger partial charge on any atom is -0.480 e. The summed E-state index contributed by atoms with van der Waals surface area (Å²) in [6.07, 6.45) is 3.80. The third-order valence-corrected chi connectivity index (χ3v) is 6.12. The average molecular weight is 463 g/mol. The predicted molar refractivity (Wildman–Crippen MR) is 131 cm³/mol. The van der Waals surface area contributed by atoms with E-state index in [1.165, 1.54) is 11.5 Å². The van der Waals surface area contributed by atoms with Crippen molar-refractivity contribution in [3.63, 3.8) is 0 Å². The fraction of sp³-hybridized carbons (Fsp3) is 0.250. The van der Waals surface area contributed by atoms with Crippen LogP contribution in [0, 0.1) is 20.8 Å². The van der Waals surface area contributed by atoms with Crippen LogP contribution in [0.5, 0.6) is 0 Å². The maximum Gasteiger partial charge on any atom is 0.326 e. The highest BCUT2D eigenvalue weighted by molar-refractivity contribution is 7.09. The van der Waals surface area contributed by atoms with Gasteiger partial charge in [0, 0.05) is 30.1 Å². The van der Waals surface area contributed by atoms with E-state index in [9.17, 15) is 9.90 Å². The lowest BCUT2D eigenvalue weighted by Crippen LogP contribution is -2.32. The summed E-state index contributed by atoms with van der Waals surface area (Å²) in [7, 11) is 0. The van der Waals surface area contributed by atoms with Crippen molar-refractivity contribution in [3.05, 3.63) is 76.9 Å². The quantitative estimate of drug-likeness (QED) is 0.288. The first-order valence-corrected chi connectivity index (χ1v) is 11.4. The number of hydrogen-bond acceptors (Lipinski definition) is 7. The number of aromatic amines is 1. The van der Waals surface area contributed by atoms with Gasteiger partial charge in [0.25, 0.3) is 0 Å². The molecule has 0 aliphatic carbocycles. The first-order chi connectivity index (χ1) is 15.9. The third kappa shape index (κ3) is 5.56. The van der Waals surface area contributed by atoms with E-state index in [4.69, 9.17) is 0 Å². The Morgan fingerprint density at radius 3 is 2.52 bits per heavy atom. The molecule has 1 unspecified atom stereocenters. The highest BCUT2D eigenvalue weighted by Gasteiger charge is 2.20. The maximum absolute atomic E-state index is 11.9. The number of aromatic nitrogens is 4. The Labute approximate surface area is 196 Å². The number of aryl methyl sites for hydroxylation is 3. The van der Waals surface area contributed by atoms with E-state index in [1.807, 2.05) is 45.0 Å². The van der Waals surface area contributed by atoms with Gasteiger partial charge >= 0.3 is 5.97 Å². The van der Waals surface area contributed by atoms with Gasteiger partial charge in [0.1, 0.15) is 11.0 Å². The van der Waals surface area contributed by atoms with E-state index in [-0.39, 0.29) is 0 Å². The van der Waals surface area contributed by atoms with Gasteiger partial charge < -0.3 is 20.7 Å². The van der Waals surface area contributed by atoms with Crippen LogP contribution in [0.4, 0.5) is 11.6 Å². The fourth-order valence-corrected chi connectivity index (χ4v) is 4.45. The van der Waals surface area contributed by atoms with Crippen LogP contribution in [0.2, 0.25) is 0 Å². The van der Waals surface area contributed by atoms with Crippen molar-refractivity contribution in [3.8, 4) is 10.6 Å². The smallest absolute Gasteiger partial charge is 0.326 e. The topological polar surface area (TPSA) is 116 Å². The molecule has 170 valence electrons. The highest BCUT2D eigenvalue weighted by Crippen LogP contribution is 2.25. The molecule has 4 N–H and O–H groups in total. The molecular weight excluding hydrogens is 436 g/mol. The zero-order chi connectivity index (χ0) is 23.4. The number of hydrogen-bond donors (Lipinski definition) is 4. The number of benzene rings is 2. The van der Waals surface area contributed by atoms with E-state index < -0.39 is 12.0 Å². The molecule has 0 fully saturated rings. The van der Waals surface area contributed by atoms with E-state index in [2.05, 4.69) is 42.1 Å². The summed E-state index contributed by atoms with van der Waals surface area (Å²) in [4.78, 5) is 23.6. The SMILES string of the molecule is Cc1cc(C)c(NC(Cc2ccc(-c3nc(CNc4ncc[nH]4)ns3)cc2)C(=O)O)c(C)c1. The molecule has 2 heterocycles. The second-order valence-corrected chi connectivity index (χ2v) is 8.77. The lowest BCUT2D eigenvalue weighted by molar-refractivity contribution is -0.137. The molecule has 0 amide bonds. The van der Waals surface area contributed by atoms with Gasteiger partial charge in [0.15, 0.2) is 11.8 Å². The van der Waals surface area contributed by atoms with Crippen LogP contribution in [0.1, 0.15) is 28.1 Å². The molecule has 2 aromatic carbocycles. The second kappa shape index (κ2) is 9.83. The van der Waals surface area contributed by atoms with Crippen LogP contribution < -0.4 is 10.6 Å². The Bertz CT molecular complexity index is 1210. The molecule has 4 aromatic rings. The minimum absolute atomic E-state index is 0.372. The molecule has 0 saturated carbocycles. The number of nitrogens with one attached hydrogen (secondary N) is 3. The summed E-state index contributed by atoms with van der Waals surface area (Å²) in [5, 5.41) is 17.0. The average Bonchev–Trinajstić information content (AvgIpc) is 3.46. The number of aliphatic carboxylic acids is 1.